The molecule has 0 saturated carbocycles. The van der Waals surface area contributed by atoms with Crippen LogP contribution in [0.4, 0.5) is 0 Å². The third-order valence-electron chi connectivity index (χ3n) is 1.29. The van der Waals surface area contributed by atoms with Gasteiger partial charge in [-0.1, -0.05) is 23.2 Å². The summed E-state index contributed by atoms with van der Waals surface area (Å²) in [6, 6.07) is 1.50. The SMILES string of the molecule is CS(=O)(=O)OCc1cnc(Cl)c(Cl)c1. The van der Waals surface area contributed by atoms with E-state index in [9.17, 15) is 8.42 Å². The van der Waals surface area contributed by atoms with E-state index in [1.54, 1.807) is 0 Å². The van der Waals surface area contributed by atoms with Crippen molar-refractivity contribution in [3.8, 4) is 0 Å². The standard InChI is InChI=1S/C7H7Cl2NO3S/c1-14(11,12)13-4-5-2-6(8)7(9)10-3-5/h2-3H,4H2,1H3. The van der Waals surface area contributed by atoms with Crippen LogP contribution in [-0.2, 0) is 20.9 Å². The molecule has 0 aromatic carbocycles. The summed E-state index contributed by atoms with van der Waals surface area (Å²) < 4.78 is 25.9. The molecule has 0 radical (unpaired) electrons. The lowest BCUT2D eigenvalue weighted by Gasteiger charge is -2.02. The van der Waals surface area contributed by atoms with Crippen molar-refractivity contribution in [1.29, 1.82) is 0 Å². The molecule has 0 N–H and O–H groups in total. The van der Waals surface area contributed by atoms with E-state index in [4.69, 9.17) is 23.2 Å². The number of hydrogen-bond donors (Lipinski definition) is 0. The summed E-state index contributed by atoms with van der Waals surface area (Å²) >= 11 is 11.2. The van der Waals surface area contributed by atoms with Crippen LogP contribution in [0.1, 0.15) is 5.56 Å². The van der Waals surface area contributed by atoms with Crippen LogP contribution >= 0.6 is 23.2 Å². The molecule has 7 heteroatoms. The minimum Gasteiger partial charge on any atom is -0.265 e. The van der Waals surface area contributed by atoms with Crippen molar-refractivity contribution >= 4 is 33.3 Å². The second-order valence-corrected chi connectivity index (χ2v) is 4.99. The number of aromatic nitrogens is 1. The molecule has 78 valence electrons. The molecule has 0 amide bonds. The predicted molar refractivity (Wildman–Crippen MR) is 53.9 cm³/mol. The van der Waals surface area contributed by atoms with Crippen LogP contribution in [0.5, 0.6) is 0 Å². The van der Waals surface area contributed by atoms with Gasteiger partial charge in [0.25, 0.3) is 10.1 Å². The Morgan fingerprint density at radius 2 is 2.14 bits per heavy atom. The average Bonchev–Trinajstić information content (AvgIpc) is 2.06. The molecule has 0 aliphatic carbocycles. The molecular formula is C7H7Cl2NO3S. The van der Waals surface area contributed by atoms with Gasteiger partial charge in [0, 0.05) is 6.20 Å². The fourth-order valence-corrected chi connectivity index (χ4v) is 1.36. The van der Waals surface area contributed by atoms with Crippen LogP contribution in [0.25, 0.3) is 0 Å². The molecule has 0 fully saturated rings. The van der Waals surface area contributed by atoms with Gasteiger partial charge in [-0.15, -0.1) is 0 Å². The van der Waals surface area contributed by atoms with E-state index in [-0.39, 0.29) is 16.8 Å². The first-order chi connectivity index (χ1) is 6.38. The highest BCUT2D eigenvalue weighted by molar-refractivity contribution is 7.85. The molecule has 14 heavy (non-hydrogen) atoms. The number of rotatable bonds is 3. The van der Waals surface area contributed by atoms with E-state index in [0.29, 0.717) is 5.56 Å². The van der Waals surface area contributed by atoms with E-state index in [0.717, 1.165) is 6.26 Å². The van der Waals surface area contributed by atoms with Gasteiger partial charge in [-0.2, -0.15) is 8.42 Å². The van der Waals surface area contributed by atoms with E-state index in [2.05, 4.69) is 9.17 Å². The molecule has 1 aromatic rings. The zero-order valence-corrected chi connectivity index (χ0v) is 9.53. The highest BCUT2D eigenvalue weighted by atomic mass is 35.5. The zero-order chi connectivity index (χ0) is 10.8. The van der Waals surface area contributed by atoms with Gasteiger partial charge in [0.2, 0.25) is 0 Å². The molecule has 0 atom stereocenters. The van der Waals surface area contributed by atoms with Crippen LogP contribution < -0.4 is 0 Å². The lowest BCUT2D eigenvalue weighted by molar-refractivity contribution is 0.311. The Hall–Kier alpha value is -0.360. The second kappa shape index (κ2) is 4.44. The van der Waals surface area contributed by atoms with E-state index in [1.165, 1.54) is 12.3 Å². The fourth-order valence-electron chi connectivity index (χ4n) is 0.715. The average molecular weight is 256 g/mol. The molecule has 1 heterocycles. The van der Waals surface area contributed by atoms with Crippen molar-refractivity contribution in [2.45, 2.75) is 6.61 Å². The van der Waals surface area contributed by atoms with Crippen molar-refractivity contribution in [2.75, 3.05) is 6.26 Å². The Morgan fingerprint density at radius 3 is 2.64 bits per heavy atom. The lowest BCUT2D eigenvalue weighted by Crippen LogP contribution is -2.02. The lowest BCUT2D eigenvalue weighted by atomic mass is 10.3. The molecule has 0 aliphatic rings. The first kappa shape index (κ1) is 11.7. The smallest absolute Gasteiger partial charge is 0.264 e. The summed E-state index contributed by atoms with van der Waals surface area (Å²) in [5, 5.41) is 0.441. The van der Waals surface area contributed by atoms with Gasteiger partial charge >= 0.3 is 0 Å². The first-order valence-electron chi connectivity index (χ1n) is 3.53. The van der Waals surface area contributed by atoms with Crippen LogP contribution in [0.2, 0.25) is 10.2 Å². The quantitative estimate of drug-likeness (QED) is 0.611. The van der Waals surface area contributed by atoms with Gasteiger partial charge < -0.3 is 0 Å². The summed E-state index contributed by atoms with van der Waals surface area (Å²) in [6.07, 6.45) is 2.37. The second-order valence-electron chi connectivity index (χ2n) is 2.58. The van der Waals surface area contributed by atoms with Crippen molar-refractivity contribution in [1.82, 2.24) is 4.98 Å². The van der Waals surface area contributed by atoms with Gasteiger partial charge in [-0.3, -0.25) is 4.18 Å². The Balaban J connectivity index is 2.74. The normalized spacial score (nSPS) is 11.6. The Kier molecular flexibility index (Phi) is 3.71. The maximum Gasteiger partial charge on any atom is 0.264 e. The van der Waals surface area contributed by atoms with Gasteiger partial charge in [0.15, 0.2) is 0 Å². The minimum absolute atomic E-state index is 0.0945. The van der Waals surface area contributed by atoms with E-state index >= 15 is 0 Å². The highest BCUT2D eigenvalue weighted by Crippen LogP contribution is 2.20. The Morgan fingerprint density at radius 1 is 1.50 bits per heavy atom. The van der Waals surface area contributed by atoms with Crippen LogP contribution in [0.3, 0.4) is 0 Å². The summed E-state index contributed by atoms with van der Waals surface area (Å²) in [7, 11) is -3.45. The fraction of sp³-hybridized carbons (Fsp3) is 0.286. The monoisotopic (exact) mass is 255 g/mol. The molecule has 1 aromatic heterocycles. The molecule has 0 saturated heterocycles. The summed E-state index contributed by atoms with van der Waals surface area (Å²) in [5.74, 6) is 0. The zero-order valence-electron chi connectivity index (χ0n) is 7.20. The third-order valence-corrected chi connectivity index (χ3v) is 2.52. The maximum absolute atomic E-state index is 10.7. The highest BCUT2D eigenvalue weighted by Gasteiger charge is 2.05. The van der Waals surface area contributed by atoms with Crippen LogP contribution in [-0.4, -0.2) is 19.7 Å². The van der Waals surface area contributed by atoms with Gasteiger partial charge in [0.1, 0.15) is 5.15 Å². The van der Waals surface area contributed by atoms with E-state index < -0.39 is 10.1 Å². The Bertz CT molecular complexity index is 433. The van der Waals surface area contributed by atoms with Crippen molar-refractivity contribution in [3.63, 3.8) is 0 Å². The van der Waals surface area contributed by atoms with E-state index in [1.807, 2.05) is 0 Å². The summed E-state index contributed by atoms with van der Waals surface area (Å²) in [4.78, 5) is 3.74. The van der Waals surface area contributed by atoms with Crippen LogP contribution in [0.15, 0.2) is 12.3 Å². The first-order valence-corrected chi connectivity index (χ1v) is 6.10. The number of pyridine rings is 1. The number of hydrogen-bond acceptors (Lipinski definition) is 4. The predicted octanol–water partition coefficient (Wildman–Crippen LogP) is 1.86. The van der Waals surface area contributed by atoms with Gasteiger partial charge in [-0.25, -0.2) is 4.98 Å². The molecule has 0 spiro atoms. The molecular weight excluding hydrogens is 249 g/mol. The third kappa shape index (κ3) is 3.79. The number of nitrogens with zero attached hydrogens (tertiary/aromatic N) is 1. The van der Waals surface area contributed by atoms with Crippen molar-refractivity contribution in [2.24, 2.45) is 0 Å². The summed E-state index contributed by atoms with van der Waals surface area (Å²) in [6.45, 7) is -0.0945. The van der Waals surface area contributed by atoms with Crippen molar-refractivity contribution in [3.05, 3.63) is 28.0 Å². The number of halogens is 2. The molecule has 0 aliphatic heterocycles. The molecule has 4 nitrogen and oxygen atoms in total. The van der Waals surface area contributed by atoms with Crippen LogP contribution in [0, 0.1) is 0 Å². The Labute approximate surface area is 91.9 Å². The molecule has 0 bridgehead atoms. The summed E-state index contributed by atoms with van der Waals surface area (Å²) in [5.41, 5.74) is 0.546. The minimum atomic E-state index is -3.45. The maximum atomic E-state index is 10.7. The topological polar surface area (TPSA) is 56.3 Å². The van der Waals surface area contributed by atoms with Crippen molar-refractivity contribution < 1.29 is 12.6 Å². The molecule has 1 rings (SSSR count). The van der Waals surface area contributed by atoms with Gasteiger partial charge in [0.05, 0.1) is 17.9 Å². The largest absolute Gasteiger partial charge is 0.265 e. The van der Waals surface area contributed by atoms with Gasteiger partial charge in [-0.05, 0) is 11.6 Å². The molecule has 0 unspecified atom stereocenters.